The van der Waals surface area contributed by atoms with E-state index in [9.17, 15) is 24.0 Å². The molecule has 0 aromatic heterocycles. The van der Waals surface area contributed by atoms with E-state index in [1.165, 1.54) is 11.8 Å². The van der Waals surface area contributed by atoms with Crippen LogP contribution in [0.2, 0.25) is 0 Å². The van der Waals surface area contributed by atoms with E-state index in [0.29, 0.717) is 12.8 Å². The molecule has 0 aromatic carbocycles. The Labute approximate surface area is 121 Å². The van der Waals surface area contributed by atoms with Crippen molar-refractivity contribution in [2.45, 2.75) is 26.0 Å². The van der Waals surface area contributed by atoms with E-state index in [1.807, 2.05) is 0 Å². The molecule has 21 heavy (non-hydrogen) atoms. The Morgan fingerprint density at radius 3 is 2.52 bits per heavy atom. The normalized spacial score (nSPS) is 18.0. The second kappa shape index (κ2) is 7.36. The number of nitrogens with zero attached hydrogens (tertiary/aromatic N) is 2. The zero-order valence-electron chi connectivity index (χ0n) is 11.8. The van der Waals surface area contributed by atoms with Gasteiger partial charge < -0.3 is 19.7 Å². The van der Waals surface area contributed by atoms with Gasteiger partial charge >= 0.3 is 17.8 Å². The zero-order chi connectivity index (χ0) is 16.0. The van der Waals surface area contributed by atoms with Gasteiger partial charge in [-0.3, -0.25) is 19.3 Å². The van der Waals surface area contributed by atoms with Crippen molar-refractivity contribution in [1.29, 1.82) is 0 Å². The molecule has 0 aromatic rings. The van der Waals surface area contributed by atoms with Crippen LogP contribution < -0.4 is 5.32 Å². The molecule has 9 heteroatoms. The minimum absolute atomic E-state index is 0.0404. The first-order valence-electron chi connectivity index (χ1n) is 6.41. The minimum atomic E-state index is -1.10. The molecule has 116 valence electrons. The predicted molar refractivity (Wildman–Crippen MR) is 69.0 cm³/mol. The van der Waals surface area contributed by atoms with Gasteiger partial charge in [-0.25, -0.2) is 4.79 Å². The van der Waals surface area contributed by atoms with Crippen molar-refractivity contribution in [2.75, 3.05) is 19.6 Å². The molecule has 1 N–H and O–H groups in total. The summed E-state index contributed by atoms with van der Waals surface area (Å²) < 4.78 is 4.56. The number of carbonyl (C=O) groups is 5. The van der Waals surface area contributed by atoms with Crippen LogP contribution in [0.25, 0.3) is 0 Å². The van der Waals surface area contributed by atoms with E-state index in [1.54, 1.807) is 6.92 Å². The van der Waals surface area contributed by atoms with Gasteiger partial charge in [-0.05, 0) is 13.8 Å². The number of ether oxygens (including phenoxy) is 1. The predicted octanol–water partition coefficient (Wildman–Crippen LogP) is -1.48. The van der Waals surface area contributed by atoms with E-state index >= 15 is 0 Å². The van der Waals surface area contributed by atoms with Crippen molar-refractivity contribution in [3.8, 4) is 0 Å². The Bertz CT molecular complexity index is 452. The molecule has 9 nitrogen and oxygen atoms in total. The van der Waals surface area contributed by atoms with Crippen LogP contribution in [0.15, 0.2) is 0 Å². The van der Waals surface area contributed by atoms with Gasteiger partial charge in [-0.15, -0.1) is 0 Å². The van der Waals surface area contributed by atoms with E-state index in [0.717, 1.165) is 4.90 Å². The Balaban J connectivity index is 2.71. The summed E-state index contributed by atoms with van der Waals surface area (Å²) in [6.07, 6.45) is -0.493. The lowest BCUT2D eigenvalue weighted by Gasteiger charge is -2.32. The molecule has 1 aliphatic rings. The number of urea groups is 1. The monoisotopic (exact) mass is 299 g/mol. The average Bonchev–Trinajstić information content (AvgIpc) is 2.47. The van der Waals surface area contributed by atoms with Crippen LogP contribution in [0.3, 0.4) is 0 Å². The van der Waals surface area contributed by atoms with E-state index in [-0.39, 0.29) is 19.6 Å². The average molecular weight is 299 g/mol. The molecular formula is C12H17N3O6. The highest BCUT2D eigenvalue weighted by atomic mass is 16.5. The van der Waals surface area contributed by atoms with Crippen LogP contribution >= 0.6 is 0 Å². The van der Waals surface area contributed by atoms with Gasteiger partial charge in [0.2, 0.25) is 0 Å². The summed E-state index contributed by atoms with van der Waals surface area (Å²) in [5.41, 5.74) is 0. The van der Waals surface area contributed by atoms with Crippen LogP contribution in [-0.4, -0.2) is 72.2 Å². The topological polar surface area (TPSA) is 113 Å². The van der Waals surface area contributed by atoms with Crippen molar-refractivity contribution >= 4 is 30.6 Å². The van der Waals surface area contributed by atoms with Crippen molar-refractivity contribution < 1.29 is 28.7 Å². The largest absolute Gasteiger partial charge is 0.462 e. The van der Waals surface area contributed by atoms with Crippen LogP contribution in [0.1, 0.15) is 13.8 Å². The SMILES string of the molecule is CCN1CCN(C(=O)NC(C=O)C(C)OC=O)C(=O)C1=O. The smallest absolute Gasteiger partial charge is 0.325 e. The molecule has 1 fully saturated rings. The summed E-state index contributed by atoms with van der Waals surface area (Å²) in [5.74, 6) is -1.71. The quantitative estimate of drug-likeness (QED) is 0.472. The molecule has 1 heterocycles. The van der Waals surface area contributed by atoms with E-state index in [4.69, 9.17) is 0 Å². The Morgan fingerprint density at radius 2 is 2.00 bits per heavy atom. The fourth-order valence-corrected chi connectivity index (χ4v) is 1.82. The number of aldehydes is 1. The number of nitrogens with one attached hydrogen (secondary N) is 1. The van der Waals surface area contributed by atoms with Gasteiger partial charge in [0.25, 0.3) is 6.47 Å². The molecular weight excluding hydrogens is 282 g/mol. The molecule has 4 amide bonds. The molecule has 1 aliphatic heterocycles. The lowest BCUT2D eigenvalue weighted by molar-refractivity contribution is -0.153. The number of piperazine rings is 1. The second-order valence-corrected chi connectivity index (χ2v) is 4.39. The molecule has 0 radical (unpaired) electrons. The number of imide groups is 1. The maximum Gasteiger partial charge on any atom is 0.325 e. The Hall–Kier alpha value is -2.45. The second-order valence-electron chi connectivity index (χ2n) is 4.39. The fraction of sp³-hybridized carbons (Fsp3) is 0.583. The van der Waals surface area contributed by atoms with Crippen LogP contribution in [0.4, 0.5) is 4.79 Å². The third-order valence-electron chi connectivity index (χ3n) is 3.15. The van der Waals surface area contributed by atoms with Crippen LogP contribution in [0.5, 0.6) is 0 Å². The third-order valence-corrected chi connectivity index (χ3v) is 3.15. The Kier molecular flexibility index (Phi) is 5.82. The maximum atomic E-state index is 11.9. The Morgan fingerprint density at radius 1 is 1.33 bits per heavy atom. The van der Waals surface area contributed by atoms with Gasteiger partial charge in [0.1, 0.15) is 18.4 Å². The molecule has 1 rings (SSSR count). The molecule has 1 saturated heterocycles. The highest BCUT2D eigenvalue weighted by Crippen LogP contribution is 2.06. The summed E-state index contributed by atoms with van der Waals surface area (Å²) in [6, 6.07) is -1.97. The van der Waals surface area contributed by atoms with Crippen molar-refractivity contribution in [3.63, 3.8) is 0 Å². The van der Waals surface area contributed by atoms with Crippen molar-refractivity contribution in [1.82, 2.24) is 15.1 Å². The summed E-state index contributed by atoms with van der Waals surface area (Å²) in [5, 5.41) is 2.25. The number of likely N-dealkylation sites (N-methyl/N-ethyl adjacent to an activating group) is 1. The van der Waals surface area contributed by atoms with Gasteiger partial charge in [0, 0.05) is 19.6 Å². The standard InChI is InChI=1S/C12H17N3O6/c1-3-14-4-5-15(11(19)10(14)18)12(20)13-9(6-16)8(2)21-7-17/h6-9H,3-5H2,1-2H3,(H,13,20). The molecule has 2 unspecified atom stereocenters. The van der Waals surface area contributed by atoms with Gasteiger partial charge in [-0.1, -0.05) is 0 Å². The van der Waals surface area contributed by atoms with E-state index < -0.39 is 30.0 Å². The summed E-state index contributed by atoms with van der Waals surface area (Å²) in [4.78, 5) is 58.6. The fourth-order valence-electron chi connectivity index (χ4n) is 1.82. The first-order valence-corrected chi connectivity index (χ1v) is 6.41. The molecule has 0 aliphatic carbocycles. The van der Waals surface area contributed by atoms with Gasteiger partial charge in [-0.2, -0.15) is 0 Å². The van der Waals surface area contributed by atoms with Crippen LogP contribution in [0, 0.1) is 0 Å². The zero-order valence-corrected chi connectivity index (χ0v) is 11.8. The molecule has 0 bridgehead atoms. The lowest BCUT2D eigenvalue weighted by Crippen LogP contribution is -2.60. The van der Waals surface area contributed by atoms with Crippen molar-refractivity contribution in [3.05, 3.63) is 0 Å². The van der Waals surface area contributed by atoms with Gasteiger partial charge in [0.15, 0.2) is 0 Å². The van der Waals surface area contributed by atoms with E-state index in [2.05, 4.69) is 10.1 Å². The third kappa shape index (κ3) is 3.77. The molecule has 2 atom stereocenters. The number of rotatable bonds is 6. The first-order chi connectivity index (χ1) is 9.96. The van der Waals surface area contributed by atoms with Crippen LogP contribution in [-0.2, 0) is 23.9 Å². The number of carbonyl (C=O) groups excluding carboxylic acids is 5. The molecule has 0 spiro atoms. The van der Waals surface area contributed by atoms with Gasteiger partial charge in [0.05, 0.1) is 0 Å². The number of amides is 4. The summed E-state index contributed by atoms with van der Waals surface area (Å²) >= 11 is 0. The highest BCUT2D eigenvalue weighted by Gasteiger charge is 2.36. The summed E-state index contributed by atoms with van der Waals surface area (Å²) in [6.45, 7) is 3.94. The first kappa shape index (κ1) is 16.6. The molecule has 0 saturated carbocycles. The lowest BCUT2D eigenvalue weighted by atomic mass is 10.2. The number of hydrogen-bond donors (Lipinski definition) is 1. The number of hydrogen-bond acceptors (Lipinski definition) is 6. The minimum Gasteiger partial charge on any atom is -0.462 e. The van der Waals surface area contributed by atoms with Crippen molar-refractivity contribution in [2.24, 2.45) is 0 Å². The maximum absolute atomic E-state index is 11.9. The summed E-state index contributed by atoms with van der Waals surface area (Å²) in [7, 11) is 0. The highest BCUT2D eigenvalue weighted by molar-refractivity contribution is 6.38.